The molecule has 104 valence electrons. The number of aryl methyl sites for hydroxylation is 1. The Labute approximate surface area is 115 Å². The molecule has 1 saturated carbocycles. The molecule has 2 aliphatic rings. The molecule has 1 fully saturated rings. The molecule has 0 amide bonds. The summed E-state index contributed by atoms with van der Waals surface area (Å²) in [6.07, 6.45) is 3.85. The number of fused-ring (bicyclic) bond motifs is 1. The van der Waals surface area contributed by atoms with Crippen LogP contribution in [0.15, 0.2) is 18.2 Å². The zero-order valence-corrected chi connectivity index (χ0v) is 12.1. The average Bonchev–Trinajstić information content (AvgIpc) is 2.36. The van der Waals surface area contributed by atoms with Gasteiger partial charge >= 0.3 is 0 Å². The van der Waals surface area contributed by atoms with Crippen molar-refractivity contribution in [3.8, 4) is 5.75 Å². The minimum Gasteiger partial charge on any atom is -0.487 e. The van der Waals surface area contributed by atoms with Gasteiger partial charge in [-0.15, -0.1) is 0 Å². The third-order valence-corrected chi connectivity index (χ3v) is 5.09. The van der Waals surface area contributed by atoms with Crippen LogP contribution in [0.5, 0.6) is 5.75 Å². The van der Waals surface area contributed by atoms with Gasteiger partial charge < -0.3 is 9.84 Å². The zero-order valence-electron chi connectivity index (χ0n) is 12.1. The number of rotatable bonds is 0. The number of benzene rings is 1. The summed E-state index contributed by atoms with van der Waals surface area (Å²) in [5, 5.41) is 10.5. The van der Waals surface area contributed by atoms with Crippen LogP contribution in [0.3, 0.4) is 0 Å². The van der Waals surface area contributed by atoms with E-state index in [1.807, 2.05) is 6.07 Å². The van der Waals surface area contributed by atoms with E-state index in [9.17, 15) is 5.11 Å². The number of ether oxygens (including phenoxy) is 1. The fourth-order valence-corrected chi connectivity index (χ4v) is 3.85. The molecule has 2 nitrogen and oxygen atoms in total. The summed E-state index contributed by atoms with van der Waals surface area (Å²) in [5.41, 5.74) is 2.01. The smallest absolute Gasteiger partial charge is 0.125 e. The first kappa shape index (κ1) is 13.0. The summed E-state index contributed by atoms with van der Waals surface area (Å²) in [7, 11) is 0. The Morgan fingerprint density at radius 1 is 1.32 bits per heavy atom. The van der Waals surface area contributed by atoms with Crippen LogP contribution in [-0.2, 0) is 0 Å². The maximum Gasteiger partial charge on any atom is 0.125 e. The van der Waals surface area contributed by atoms with Crippen molar-refractivity contribution in [3.05, 3.63) is 29.3 Å². The van der Waals surface area contributed by atoms with Crippen molar-refractivity contribution in [3.63, 3.8) is 0 Å². The Morgan fingerprint density at radius 3 is 2.84 bits per heavy atom. The highest BCUT2D eigenvalue weighted by atomic mass is 16.5. The highest BCUT2D eigenvalue weighted by Crippen LogP contribution is 2.49. The van der Waals surface area contributed by atoms with Crippen LogP contribution >= 0.6 is 0 Å². The predicted octanol–water partition coefficient (Wildman–Crippen LogP) is 4.01. The lowest BCUT2D eigenvalue weighted by atomic mass is 9.68. The summed E-state index contributed by atoms with van der Waals surface area (Å²) in [5.74, 6) is 2.19. The zero-order chi connectivity index (χ0) is 13.6. The summed E-state index contributed by atoms with van der Waals surface area (Å²) in [6, 6.07) is 6.16. The number of aliphatic hydroxyl groups is 1. The molecule has 0 saturated heterocycles. The second kappa shape index (κ2) is 4.52. The summed E-state index contributed by atoms with van der Waals surface area (Å²) < 4.78 is 6.39. The van der Waals surface area contributed by atoms with Gasteiger partial charge in [0.25, 0.3) is 0 Å². The summed E-state index contributed by atoms with van der Waals surface area (Å²) >= 11 is 0. The number of hydrogen-bond acceptors (Lipinski definition) is 2. The molecule has 1 spiro atoms. The number of aliphatic hydroxyl groups excluding tert-OH is 1. The fourth-order valence-electron chi connectivity index (χ4n) is 3.85. The van der Waals surface area contributed by atoms with Crippen LogP contribution in [0, 0.1) is 18.8 Å². The minimum absolute atomic E-state index is 0.145. The third-order valence-electron chi connectivity index (χ3n) is 5.09. The van der Waals surface area contributed by atoms with Crippen molar-refractivity contribution in [1.29, 1.82) is 0 Å². The van der Waals surface area contributed by atoms with Crippen molar-refractivity contribution in [2.75, 3.05) is 0 Å². The molecule has 0 bridgehead atoms. The molecule has 2 heteroatoms. The Morgan fingerprint density at radius 2 is 2.11 bits per heavy atom. The fraction of sp³-hybridized carbons (Fsp3) is 0.647. The molecule has 1 N–H and O–H groups in total. The van der Waals surface area contributed by atoms with Crippen LogP contribution in [0.2, 0.25) is 0 Å². The first-order chi connectivity index (χ1) is 9.00. The molecular weight excluding hydrogens is 236 g/mol. The van der Waals surface area contributed by atoms with Crippen LogP contribution in [-0.4, -0.2) is 10.7 Å². The quantitative estimate of drug-likeness (QED) is 0.764. The first-order valence-corrected chi connectivity index (χ1v) is 7.48. The van der Waals surface area contributed by atoms with Crippen LogP contribution in [0.1, 0.15) is 56.8 Å². The van der Waals surface area contributed by atoms with Gasteiger partial charge in [0.2, 0.25) is 0 Å². The average molecular weight is 260 g/mol. The van der Waals surface area contributed by atoms with Crippen molar-refractivity contribution in [1.82, 2.24) is 0 Å². The normalized spacial score (nSPS) is 37.8. The second-order valence-electron chi connectivity index (χ2n) is 6.71. The molecule has 1 aliphatic heterocycles. The molecule has 3 unspecified atom stereocenters. The lowest BCUT2D eigenvalue weighted by Crippen LogP contribution is -2.49. The predicted molar refractivity (Wildman–Crippen MR) is 76.3 cm³/mol. The third kappa shape index (κ3) is 2.16. The molecule has 3 rings (SSSR count). The van der Waals surface area contributed by atoms with E-state index >= 15 is 0 Å². The van der Waals surface area contributed by atoms with Gasteiger partial charge in [-0.05, 0) is 50.2 Å². The van der Waals surface area contributed by atoms with Gasteiger partial charge in [-0.1, -0.05) is 25.5 Å². The maximum absolute atomic E-state index is 10.5. The van der Waals surface area contributed by atoms with E-state index in [0.29, 0.717) is 5.92 Å². The summed E-state index contributed by atoms with van der Waals surface area (Å²) in [4.78, 5) is 0. The van der Waals surface area contributed by atoms with Gasteiger partial charge in [0, 0.05) is 12.0 Å². The van der Waals surface area contributed by atoms with Gasteiger partial charge in [-0.3, -0.25) is 0 Å². The highest BCUT2D eigenvalue weighted by molar-refractivity contribution is 5.41. The van der Waals surface area contributed by atoms with Crippen LogP contribution < -0.4 is 4.74 Å². The van der Waals surface area contributed by atoms with E-state index in [4.69, 9.17) is 4.74 Å². The van der Waals surface area contributed by atoms with Gasteiger partial charge in [-0.25, -0.2) is 0 Å². The number of hydrogen-bond donors (Lipinski definition) is 1. The maximum atomic E-state index is 10.5. The molecule has 0 aromatic heterocycles. The molecule has 19 heavy (non-hydrogen) atoms. The lowest BCUT2D eigenvalue weighted by molar-refractivity contribution is -0.0802. The molecule has 4 atom stereocenters. The molecule has 1 heterocycles. The Kier molecular flexibility index (Phi) is 3.09. The second-order valence-corrected chi connectivity index (χ2v) is 6.71. The lowest BCUT2D eigenvalue weighted by Gasteiger charge is -2.48. The van der Waals surface area contributed by atoms with Crippen LogP contribution in [0.25, 0.3) is 0 Å². The van der Waals surface area contributed by atoms with Crippen molar-refractivity contribution in [2.24, 2.45) is 11.8 Å². The van der Waals surface area contributed by atoms with Crippen LogP contribution in [0.4, 0.5) is 0 Å². The monoisotopic (exact) mass is 260 g/mol. The molecular formula is C17H24O2. The van der Waals surface area contributed by atoms with Crippen molar-refractivity contribution in [2.45, 2.75) is 58.2 Å². The molecule has 0 radical (unpaired) electrons. The van der Waals surface area contributed by atoms with Gasteiger partial charge in [0.05, 0.1) is 6.10 Å². The van der Waals surface area contributed by atoms with Crippen molar-refractivity contribution >= 4 is 0 Å². The Balaban J connectivity index is 1.94. The standard InChI is InChI=1S/C17H24O2/c1-11-4-5-16-14(9-11)15(18)10-17(19-16)7-6-12(2)8-13(17)3/h4-5,9,12-13,15,18H,6-8,10H2,1-3H3/t12?,13?,15-,17?/m0/s1. The molecule has 1 aromatic carbocycles. The van der Waals surface area contributed by atoms with E-state index < -0.39 is 0 Å². The molecule has 1 aromatic rings. The van der Waals surface area contributed by atoms with Gasteiger partial charge in [0.1, 0.15) is 11.4 Å². The van der Waals surface area contributed by atoms with Gasteiger partial charge in [0.15, 0.2) is 0 Å². The topological polar surface area (TPSA) is 29.5 Å². The SMILES string of the molecule is Cc1ccc2c(c1)[C@@H](O)CC1(CCC(C)CC1C)O2. The first-order valence-electron chi connectivity index (χ1n) is 7.48. The Bertz CT molecular complexity index is 482. The highest BCUT2D eigenvalue weighted by Gasteiger charge is 2.47. The van der Waals surface area contributed by atoms with Gasteiger partial charge in [-0.2, -0.15) is 0 Å². The minimum atomic E-state index is -0.375. The van der Waals surface area contributed by atoms with Crippen molar-refractivity contribution < 1.29 is 9.84 Å². The summed E-state index contributed by atoms with van der Waals surface area (Å²) in [6.45, 7) is 6.66. The van der Waals surface area contributed by atoms with E-state index in [0.717, 1.165) is 30.1 Å². The van der Waals surface area contributed by atoms with E-state index in [1.54, 1.807) is 0 Å². The molecule has 1 aliphatic carbocycles. The van der Waals surface area contributed by atoms with E-state index in [2.05, 4.69) is 32.9 Å². The van der Waals surface area contributed by atoms with E-state index in [1.165, 1.54) is 18.4 Å². The largest absolute Gasteiger partial charge is 0.487 e. The Hall–Kier alpha value is -1.02. The van der Waals surface area contributed by atoms with E-state index in [-0.39, 0.29) is 11.7 Å².